The number of rotatable bonds is 7. The number of ether oxygens (including phenoxy) is 1. The number of carbonyl (C=O) groups excluding carboxylic acids is 1. The number of anilines is 1. The zero-order valence-electron chi connectivity index (χ0n) is 16.5. The maximum atomic E-state index is 12.6. The summed E-state index contributed by atoms with van der Waals surface area (Å²) >= 11 is 0. The van der Waals surface area contributed by atoms with Crippen LogP contribution in [0, 0.1) is 0 Å². The van der Waals surface area contributed by atoms with Crippen molar-refractivity contribution in [2.45, 2.75) is 19.4 Å². The highest BCUT2D eigenvalue weighted by Crippen LogP contribution is 2.25. The first kappa shape index (κ1) is 19.4. The lowest BCUT2D eigenvalue weighted by atomic mass is 10.2. The van der Waals surface area contributed by atoms with E-state index in [1.54, 1.807) is 12.1 Å². The minimum absolute atomic E-state index is 0.196. The van der Waals surface area contributed by atoms with Crippen LogP contribution in [-0.4, -0.2) is 22.2 Å². The Morgan fingerprint density at radius 2 is 1.43 bits per heavy atom. The largest absolute Gasteiger partial charge is 0.481 e. The van der Waals surface area contributed by atoms with E-state index < -0.39 is 6.10 Å². The third kappa shape index (κ3) is 4.55. The van der Waals surface area contributed by atoms with E-state index in [9.17, 15) is 4.79 Å². The molecule has 0 spiro atoms. The number of aromatic nitrogens is 2. The lowest BCUT2D eigenvalue weighted by Gasteiger charge is -2.17. The minimum atomic E-state index is -0.573. The molecular weight excluding hydrogens is 378 g/mol. The Morgan fingerprint density at radius 1 is 0.867 bits per heavy atom. The summed E-state index contributed by atoms with van der Waals surface area (Å²) in [6.45, 7) is 1.91. The molecule has 1 unspecified atom stereocenters. The van der Waals surface area contributed by atoms with Crippen LogP contribution in [0.3, 0.4) is 0 Å². The van der Waals surface area contributed by atoms with Crippen molar-refractivity contribution in [3.63, 3.8) is 0 Å². The van der Waals surface area contributed by atoms with Crippen LogP contribution in [0.1, 0.15) is 13.3 Å². The van der Waals surface area contributed by atoms with Crippen molar-refractivity contribution < 1.29 is 13.9 Å². The zero-order chi connectivity index (χ0) is 20.8. The van der Waals surface area contributed by atoms with Gasteiger partial charge in [-0.25, -0.2) is 0 Å². The number of amides is 1. The topological polar surface area (TPSA) is 77.2 Å². The highest BCUT2D eigenvalue weighted by Gasteiger charge is 2.18. The summed E-state index contributed by atoms with van der Waals surface area (Å²) in [5.74, 6) is 1.36. The van der Waals surface area contributed by atoms with E-state index in [4.69, 9.17) is 9.15 Å². The summed E-state index contributed by atoms with van der Waals surface area (Å²) in [5.41, 5.74) is 2.31. The molecule has 6 heteroatoms. The van der Waals surface area contributed by atoms with Gasteiger partial charge in [-0.05, 0) is 55.0 Å². The number of carbonyl (C=O) groups is 1. The number of nitrogens with one attached hydrogen (secondary N) is 1. The lowest BCUT2D eigenvalue weighted by Crippen LogP contribution is -2.32. The van der Waals surface area contributed by atoms with Crippen molar-refractivity contribution in [2.75, 3.05) is 5.32 Å². The molecule has 0 bridgehead atoms. The van der Waals surface area contributed by atoms with E-state index in [2.05, 4.69) is 15.5 Å². The molecule has 1 atom stereocenters. The summed E-state index contributed by atoms with van der Waals surface area (Å²) < 4.78 is 11.6. The summed E-state index contributed by atoms with van der Waals surface area (Å²) in [6.07, 6.45) is -0.0141. The van der Waals surface area contributed by atoms with Crippen molar-refractivity contribution in [1.29, 1.82) is 0 Å². The Kier molecular flexibility index (Phi) is 5.85. The van der Waals surface area contributed by atoms with Crippen LogP contribution in [0.4, 0.5) is 5.69 Å². The zero-order valence-corrected chi connectivity index (χ0v) is 16.5. The lowest BCUT2D eigenvalue weighted by molar-refractivity contribution is -0.122. The third-order valence-corrected chi connectivity index (χ3v) is 4.53. The van der Waals surface area contributed by atoms with Gasteiger partial charge in [0.25, 0.3) is 5.91 Å². The molecule has 30 heavy (non-hydrogen) atoms. The van der Waals surface area contributed by atoms with Crippen molar-refractivity contribution in [3.05, 3.63) is 84.9 Å². The van der Waals surface area contributed by atoms with Gasteiger partial charge in [-0.3, -0.25) is 4.79 Å². The van der Waals surface area contributed by atoms with Gasteiger partial charge < -0.3 is 14.5 Å². The van der Waals surface area contributed by atoms with Gasteiger partial charge in [0.2, 0.25) is 11.8 Å². The van der Waals surface area contributed by atoms with E-state index in [-0.39, 0.29) is 5.91 Å². The normalized spacial score (nSPS) is 11.6. The van der Waals surface area contributed by atoms with Gasteiger partial charge in [-0.2, -0.15) is 0 Å². The number of para-hydroxylation sites is 1. The van der Waals surface area contributed by atoms with Gasteiger partial charge in [0.1, 0.15) is 5.75 Å². The molecule has 0 aliphatic carbocycles. The van der Waals surface area contributed by atoms with Gasteiger partial charge in [-0.1, -0.05) is 43.3 Å². The van der Waals surface area contributed by atoms with Gasteiger partial charge in [0.05, 0.1) is 0 Å². The Hall–Kier alpha value is -3.93. The maximum Gasteiger partial charge on any atom is 0.265 e. The Bertz CT molecular complexity index is 1090. The third-order valence-electron chi connectivity index (χ3n) is 4.53. The second-order valence-electron chi connectivity index (χ2n) is 6.67. The van der Waals surface area contributed by atoms with Crippen LogP contribution in [0.15, 0.2) is 89.3 Å². The van der Waals surface area contributed by atoms with Crippen LogP contribution in [-0.2, 0) is 4.79 Å². The average Bonchev–Trinajstić information content (AvgIpc) is 3.29. The fraction of sp³-hybridized carbons (Fsp3) is 0.125. The standard InChI is InChI=1S/C24H21N3O3/c1-2-21(29-20-11-7-4-8-12-20)22(28)25-19-15-13-18(14-16-19)24-27-26-23(30-24)17-9-5-3-6-10-17/h3-16,21H,2H2,1H3,(H,25,28). The first-order valence-corrected chi connectivity index (χ1v) is 9.75. The fourth-order valence-corrected chi connectivity index (χ4v) is 2.94. The maximum absolute atomic E-state index is 12.6. The summed E-state index contributed by atoms with van der Waals surface area (Å²) in [4.78, 5) is 12.6. The molecule has 0 saturated heterocycles. The van der Waals surface area contributed by atoms with E-state index in [1.807, 2.05) is 79.7 Å². The molecule has 0 fully saturated rings. The molecule has 0 saturated carbocycles. The van der Waals surface area contributed by atoms with Crippen LogP contribution in [0.2, 0.25) is 0 Å². The van der Waals surface area contributed by atoms with Crippen LogP contribution < -0.4 is 10.1 Å². The van der Waals surface area contributed by atoms with Crippen LogP contribution in [0.5, 0.6) is 5.75 Å². The molecule has 4 rings (SSSR count). The molecule has 0 aliphatic heterocycles. The molecule has 1 heterocycles. The monoisotopic (exact) mass is 399 g/mol. The Labute approximate surface area is 174 Å². The van der Waals surface area contributed by atoms with Gasteiger partial charge in [0.15, 0.2) is 6.10 Å². The molecule has 1 aromatic heterocycles. The molecule has 6 nitrogen and oxygen atoms in total. The molecule has 0 aliphatic rings. The molecule has 1 amide bonds. The first-order valence-electron chi connectivity index (χ1n) is 9.75. The minimum Gasteiger partial charge on any atom is -0.481 e. The number of hydrogen-bond donors (Lipinski definition) is 1. The number of benzene rings is 3. The van der Waals surface area contributed by atoms with Crippen molar-refractivity contribution in [1.82, 2.24) is 10.2 Å². The molecule has 4 aromatic rings. The van der Waals surface area contributed by atoms with Crippen molar-refractivity contribution in [3.8, 4) is 28.7 Å². The quantitative estimate of drug-likeness (QED) is 0.462. The molecular formula is C24H21N3O3. The molecule has 0 radical (unpaired) electrons. The highest BCUT2D eigenvalue weighted by molar-refractivity contribution is 5.94. The second-order valence-corrected chi connectivity index (χ2v) is 6.67. The van der Waals surface area contributed by atoms with E-state index in [0.717, 1.165) is 11.1 Å². The van der Waals surface area contributed by atoms with E-state index in [1.165, 1.54) is 0 Å². The van der Waals surface area contributed by atoms with Gasteiger partial charge in [-0.15, -0.1) is 10.2 Å². The molecule has 3 aromatic carbocycles. The summed E-state index contributed by atoms with van der Waals surface area (Å²) in [6, 6.07) is 26.2. The predicted molar refractivity (Wildman–Crippen MR) is 115 cm³/mol. The van der Waals surface area contributed by atoms with Crippen molar-refractivity contribution >= 4 is 11.6 Å². The van der Waals surface area contributed by atoms with Crippen LogP contribution in [0.25, 0.3) is 22.9 Å². The van der Waals surface area contributed by atoms with E-state index in [0.29, 0.717) is 29.6 Å². The number of nitrogens with zero attached hydrogens (tertiary/aromatic N) is 2. The van der Waals surface area contributed by atoms with Gasteiger partial charge in [0, 0.05) is 16.8 Å². The smallest absolute Gasteiger partial charge is 0.265 e. The first-order chi connectivity index (χ1) is 14.7. The summed E-state index contributed by atoms with van der Waals surface area (Å²) in [5, 5.41) is 11.1. The average molecular weight is 399 g/mol. The highest BCUT2D eigenvalue weighted by atomic mass is 16.5. The predicted octanol–water partition coefficient (Wildman–Crippen LogP) is 5.20. The molecule has 150 valence electrons. The number of hydrogen-bond acceptors (Lipinski definition) is 5. The van der Waals surface area contributed by atoms with Gasteiger partial charge >= 0.3 is 0 Å². The van der Waals surface area contributed by atoms with Crippen molar-refractivity contribution in [2.24, 2.45) is 0 Å². The second kappa shape index (κ2) is 9.05. The van der Waals surface area contributed by atoms with E-state index >= 15 is 0 Å². The summed E-state index contributed by atoms with van der Waals surface area (Å²) in [7, 11) is 0. The Morgan fingerprint density at radius 3 is 2.03 bits per heavy atom. The SMILES string of the molecule is CCC(Oc1ccccc1)C(=O)Nc1ccc(-c2nnc(-c3ccccc3)o2)cc1. The Balaban J connectivity index is 1.42. The molecule has 1 N–H and O–H groups in total. The van der Waals surface area contributed by atoms with Crippen LogP contribution >= 0.6 is 0 Å². The fourth-order valence-electron chi connectivity index (χ4n) is 2.94.